The number of benzene rings is 3. The van der Waals surface area contributed by atoms with Crippen LogP contribution in [0.15, 0.2) is 54.6 Å². The Morgan fingerprint density at radius 1 is 0.946 bits per heavy atom. The highest BCUT2D eigenvalue weighted by Crippen LogP contribution is 2.57. The molecule has 1 atom stereocenters. The van der Waals surface area contributed by atoms with E-state index >= 15 is 0 Å². The molecule has 190 valence electrons. The number of hydrogen-bond donors (Lipinski definition) is 5. The van der Waals surface area contributed by atoms with E-state index in [0.29, 0.717) is 29.5 Å². The lowest BCUT2D eigenvalue weighted by Crippen LogP contribution is -2.33. The highest BCUT2D eigenvalue weighted by atomic mass is 16.6. The van der Waals surface area contributed by atoms with Crippen LogP contribution < -0.4 is 15.8 Å². The quantitative estimate of drug-likeness (QED) is 0.240. The van der Waals surface area contributed by atoms with Crippen molar-refractivity contribution in [2.45, 2.75) is 30.9 Å². The van der Waals surface area contributed by atoms with E-state index in [1.165, 1.54) is 30.3 Å². The summed E-state index contributed by atoms with van der Waals surface area (Å²) in [5.74, 6) is -1.87. The molecule has 2 heterocycles. The molecule has 3 aromatic rings. The molecule has 2 aliphatic heterocycles. The van der Waals surface area contributed by atoms with Gasteiger partial charge in [-0.2, -0.15) is 0 Å². The van der Waals surface area contributed by atoms with Gasteiger partial charge in [0.15, 0.2) is 5.60 Å². The fraction of sp³-hybridized carbons (Fsp3) is 0.222. The number of rotatable bonds is 7. The molecule has 2 aliphatic rings. The number of phenolic OH excluding ortho intramolecular Hbond substituents is 2. The number of phenols is 2. The van der Waals surface area contributed by atoms with Gasteiger partial charge in [-0.05, 0) is 49.6 Å². The molecule has 0 saturated carbocycles. The number of unbranched alkanes of at least 4 members (excludes halogenated alkanes) is 1. The predicted molar refractivity (Wildman–Crippen MR) is 130 cm³/mol. The van der Waals surface area contributed by atoms with Gasteiger partial charge >= 0.3 is 11.9 Å². The fourth-order valence-electron chi connectivity index (χ4n) is 4.85. The van der Waals surface area contributed by atoms with Gasteiger partial charge < -0.3 is 35.8 Å². The van der Waals surface area contributed by atoms with Crippen LogP contribution in [0, 0.1) is 0 Å². The van der Waals surface area contributed by atoms with E-state index in [0.717, 1.165) is 0 Å². The Bertz CT molecular complexity index is 1380. The number of carbonyl (C=O) groups excluding carboxylic acids is 2. The molecular weight excluding hydrogens is 480 g/mol. The first-order valence-electron chi connectivity index (χ1n) is 11.7. The minimum atomic E-state index is -1.46. The van der Waals surface area contributed by atoms with Crippen LogP contribution in [-0.2, 0) is 15.1 Å². The first kappa shape index (κ1) is 24.1. The summed E-state index contributed by atoms with van der Waals surface area (Å²) in [5, 5.41) is 31.7. The highest BCUT2D eigenvalue weighted by Gasteiger charge is 2.54. The summed E-state index contributed by atoms with van der Waals surface area (Å²) in [7, 11) is 0. The number of aliphatic carboxylic acids is 1. The van der Waals surface area contributed by atoms with Crippen LogP contribution in [0.25, 0.3) is 0 Å². The maximum absolute atomic E-state index is 13.3. The smallest absolute Gasteiger partial charge is 0.340 e. The Kier molecular flexibility index (Phi) is 5.96. The number of fused-ring (bicyclic) bond motifs is 6. The average molecular weight is 504 g/mol. The second kappa shape index (κ2) is 9.14. The van der Waals surface area contributed by atoms with Crippen molar-refractivity contribution in [3.63, 3.8) is 0 Å². The van der Waals surface area contributed by atoms with E-state index in [4.69, 9.17) is 20.3 Å². The Morgan fingerprint density at radius 2 is 1.59 bits per heavy atom. The van der Waals surface area contributed by atoms with Gasteiger partial charge in [-0.1, -0.05) is 12.1 Å². The Balaban J connectivity index is 1.50. The van der Waals surface area contributed by atoms with Gasteiger partial charge in [0.05, 0.1) is 11.1 Å². The number of carboxylic acids is 1. The number of carbonyl (C=O) groups is 3. The Hall–Kier alpha value is -4.57. The number of esters is 1. The molecule has 1 spiro atoms. The first-order valence-corrected chi connectivity index (χ1v) is 11.7. The molecule has 0 aliphatic carbocycles. The van der Waals surface area contributed by atoms with E-state index in [-0.39, 0.29) is 47.1 Å². The largest absolute Gasteiger partial charge is 0.508 e. The number of carboxylic acid groups (broad SMARTS) is 1. The molecule has 5 rings (SSSR count). The summed E-state index contributed by atoms with van der Waals surface area (Å²) in [6, 6.07) is 12.8. The lowest BCUT2D eigenvalue weighted by Gasteiger charge is -2.36. The topological polar surface area (TPSA) is 168 Å². The molecule has 0 bridgehead atoms. The summed E-state index contributed by atoms with van der Waals surface area (Å²) in [5.41, 5.74) is 5.64. The third-order valence-electron chi connectivity index (χ3n) is 6.59. The number of nitrogens with two attached hydrogens (primary N) is 1. The standard InChI is InChI=1S/C27H24N2O8/c28-20(25(33)34)6-1-2-11-29-24(32)16-4-3-5-19-23(16)26(35)37-27(19)17-9-7-14(30)12-21(17)36-22-13-15(31)8-10-18(22)27/h3-5,7-10,12-13,20,30-31H,1-2,6,11,28H2,(H,29,32)(H,33,34). The molecule has 37 heavy (non-hydrogen) atoms. The van der Waals surface area contributed by atoms with Crippen molar-refractivity contribution in [3.05, 3.63) is 82.4 Å². The van der Waals surface area contributed by atoms with Crippen LogP contribution in [0.4, 0.5) is 0 Å². The van der Waals surface area contributed by atoms with Crippen LogP contribution in [0.2, 0.25) is 0 Å². The number of amides is 1. The molecule has 0 saturated heterocycles. The lowest BCUT2D eigenvalue weighted by atomic mass is 9.77. The van der Waals surface area contributed by atoms with Crippen LogP contribution in [0.1, 0.15) is 56.7 Å². The van der Waals surface area contributed by atoms with Crippen molar-refractivity contribution in [1.82, 2.24) is 5.32 Å². The SMILES string of the molecule is NC(CCCCNC(=O)c1cccc2c1C(=O)OC21c2ccc(O)cc2Oc2cc(O)ccc21)C(=O)O. The van der Waals surface area contributed by atoms with Crippen LogP contribution >= 0.6 is 0 Å². The lowest BCUT2D eigenvalue weighted by molar-refractivity contribution is -0.138. The molecule has 1 unspecified atom stereocenters. The molecule has 6 N–H and O–H groups in total. The van der Waals surface area contributed by atoms with Crippen LogP contribution in [0.3, 0.4) is 0 Å². The molecule has 3 aromatic carbocycles. The van der Waals surface area contributed by atoms with Crippen molar-refractivity contribution >= 4 is 17.8 Å². The Morgan fingerprint density at radius 3 is 2.22 bits per heavy atom. The second-order valence-electron chi connectivity index (χ2n) is 8.96. The van der Waals surface area contributed by atoms with Crippen LogP contribution in [-0.4, -0.2) is 45.8 Å². The van der Waals surface area contributed by atoms with E-state index in [1.807, 2.05) is 0 Å². The molecule has 1 amide bonds. The summed E-state index contributed by atoms with van der Waals surface area (Å²) in [6.45, 7) is 0.271. The van der Waals surface area contributed by atoms with Gasteiger partial charge in [0.2, 0.25) is 0 Å². The zero-order valence-electron chi connectivity index (χ0n) is 19.6. The number of hydrogen-bond acceptors (Lipinski definition) is 8. The zero-order valence-corrected chi connectivity index (χ0v) is 19.6. The van der Waals surface area contributed by atoms with Crippen LogP contribution in [0.5, 0.6) is 23.0 Å². The summed E-state index contributed by atoms with van der Waals surface area (Å²) >= 11 is 0. The molecular formula is C27H24N2O8. The molecule has 0 radical (unpaired) electrons. The maximum atomic E-state index is 13.3. The van der Waals surface area contributed by atoms with Crippen molar-refractivity contribution in [2.24, 2.45) is 5.73 Å². The van der Waals surface area contributed by atoms with Crippen molar-refractivity contribution < 1.29 is 39.2 Å². The normalized spacial score (nSPS) is 15.1. The van der Waals surface area contributed by atoms with Gasteiger partial charge in [0.25, 0.3) is 5.91 Å². The van der Waals surface area contributed by atoms with E-state index in [1.54, 1.807) is 24.3 Å². The van der Waals surface area contributed by atoms with Crippen molar-refractivity contribution in [3.8, 4) is 23.0 Å². The summed E-state index contributed by atoms with van der Waals surface area (Å²) in [6.07, 6.45) is 1.31. The number of ether oxygens (including phenoxy) is 2. The second-order valence-corrected chi connectivity index (χ2v) is 8.96. The molecule has 0 aromatic heterocycles. The Labute approximate surface area is 211 Å². The maximum Gasteiger partial charge on any atom is 0.340 e. The van der Waals surface area contributed by atoms with Gasteiger partial charge in [-0.3, -0.25) is 9.59 Å². The third-order valence-corrected chi connectivity index (χ3v) is 6.59. The summed E-state index contributed by atoms with van der Waals surface area (Å²) < 4.78 is 12.0. The molecule has 0 fully saturated rings. The number of nitrogens with one attached hydrogen (secondary N) is 1. The zero-order chi connectivity index (χ0) is 26.3. The summed E-state index contributed by atoms with van der Waals surface area (Å²) in [4.78, 5) is 37.2. The van der Waals surface area contributed by atoms with Crippen molar-refractivity contribution in [1.29, 1.82) is 0 Å². The minimum absolute atomic E-state index is 0.0560. The van der Waals surface area contributed by atoms with Gasteiger partial charge in [-0.25, -0.2) is 4.79 Å². The van der Waals surface area contributed by atoms with Gasteiger partial charge in [-0.15, -0.1) is 0 Å². The van der Waals surface area contributed by atoms with Gasteiger partial charge in [0, 0.05) is 35.4 Å². The fourth-order valence-corrected chi connectivity index (χ4v) is 4.85. The predicted octanol–water partition coefficient (Wildman–Crippen LogP) is 2.98. The minimum Gasteiger partial charge on any atom is -0.508 e. The highest BCUT2D eigenvalue weighted by molar-refractivity contribution is 6.08. The monoisotopic (exact) mass is 504 g/mol. The first-order chi connectivity index (χ1) is 17.7. The van der Waals surface area contributed by atoms with Gasteiger partial charge in [0.1, 0.15) is 29.0 Å². The van der Waals surface area contributed by atoms with E-state index in [2.05, 4.69) is 5.32 Å². The third kappa shape index (κ3) is 4.01. The average Bonchev–Trinajstić information content (AvgIpc) is 3.16. The molecule has 10 heteroatoms. The van der Waals surface area contributed by atoms with E-state index in [9.17, 15) is 24.6 Å². The van der Waals surface area contributed by atoms with Crippen molar-refractivity contribution in [2.75, 3.05) is 6.54 Å². The molecule has 10 nitrogen and oxygen atoms in total. The number of aromatic hydroxyl groups is 2. The van der Waals surface area contributed by atoms with E-state index < -0.39 is 29.5 Å².